The molecule has 1 saturated heterocycles. The van der Waals surface area contributed by atoms with Crippen molar-refractivity contribution in [1.82, 2.24) is 10.3 Å². The van der Waals surface area contributed by atoms with Crippen molar-refractivity contribution in [1.29, 1.82) is 0 Å². The number of halogens is 1. The molecule has 1 aliphatic rings. The fourth-order valence-corrected chi connectivity index (χ4v) is 1.70. The van der Waals surface area contributed by atoms with E-state index in [-0.39, 0.29) is 23.1 Å². The average molecular weight is 252 g/mol. The number of rotatable bonds is 2. The topological polar surface area (TPSA) is 51.2 Å². The van der Waals surface area contributed by atoms with E-state index in [1.54, 1.807) is 12.1 Å². The zero-order valence-corrected chi connectivity index (χ0v) is 10.8. The molecule has 1 aromatic heterocycles. The first-order valence-electron chi connectivity index (χ1n) is 5.93. The van der Waals surface area contributed by atoms with E-state index in [1.807, 2.05) is 20.8 Å². The summed E-state index contributed by atoms with van der Waals surface area (Å²) in [4.78, 5) is 15.5. The molecule has 2 rings (SSSR count). The van der Waals surface area contributed by atoms with Gasteiger partial charge < -0.3 is 10.1 Å². The van der Waals surface area contributed by atoms with E-state index >= 15 is 0 Å². The van der Waals surface area contributed by atoms with Crippen LogP contribution in [0.25, 0.3) is 0 Å². The summed E-state index contributed by atoms with van der Waals surface area (Å²) in [5, 5.41) is 2.72. The van der Waals surface area contributed by atoms with Crippen molar-refractivity contribution in [3.63, 3.8) is 0 Å². The van der Waals surface area contributed by atoms with Gasteiger partial charge in [-0.05, 0) is 11.5 Å². The van der Waals surface area contributed by atoms with Gasteiger partial charge >= 0.3 is 0 Å². The third-order valence-electron chi connectivity index (χ3n) is 2.86. The van der Waals surface area contributed by atoms with E-state index in [9.17, 15) is 9.18 Å². The fourth-order valence-electron chi connectivity index (χ4n) is 1.70. The van der Waals surface area contributed by atoms with Gasteiger partial charge in [-0.3, -0.25) is 4.79 Å². The van der Waals surface area contributed by atoms with Crippen molar-refractivity contribution >= 4 is 5.91 Å². The van der Waals surface area contributed by atoms with Crippen molar-refractivity contribution in [2.75, 3.05) is 13.2 Å². The van der Waals surface area contributed by atoms with Gasteiger partial charge in [-0.1, -0.05) is 26.8 Å². The van der Waals surface area contributed by atoms with Crippen LogP contribution in [0.5, 0.6) is 0 Å². The molecular weight excluding hydrogens is 235 g/mol. The minimum Gasteiger partial charge on any atom is -0.377 e. The number of carbonyl (C=O) groups is 1. The molecule has 98 valence electrons. The number of hydrogen-bond donors (Lipinski definition) is 1. The molecule has 1 N–H and O–H groups in total. The van der Waals surface area contributed by atoms with Crippen LogP contribution in [0.2, 0.25) is 0 Å². The van der Waals surface area contributed by atoms with E-state index in [4.69, 9.17) is 4.74 Å². The zero-order valence-electron chi connectivity index (χ0n) is 10.8. The van der Waals surface area contributed by atoms with Gasteiger partial charge in [0.2, 0.25) is 5.95 Å². The molecule has 0 aliphatic carbocycles. The molecule has 0 saturated carbocycles. The number of carbonyl (C=O) groups excluding carboxylic acids is 1. The van der Waals surface area contributed by atoms with Crippen LogP contribution in [-0.4, -0.2) is 30.1 Å². The van der Waals surface area contributed by atoms with Crippen LogP contribution >= 0.6 is 0 Å². The van der Waals surface area contributed by atoms with Crippen molar-refractivity contribution in [2.45, 2.75) is 32.2 Å². The summed E-state index contributed by atoms with van der Waals surface area (Å²) in [6.45, 7) is 6.72. The maximum absolute atomic E-state index is 13.8. The van der Waals surface area contributed by atoms with Crippen molar-refractivity contribution in [3.8, 4) is 0 Å². The molecule has 5 heteroatoms. The lowest BCUT2D eigenvalue weighted by molar-refractivity contribution is -0.00356. The van der Waals surface area contributed by atoms with Crippen LogP contribution in [0, 0.1) is 5.95 Å². The summed E-state index contributed by atoms with van der Waals surface area (Å²) in [6.07, 6.45) is 0. The van der Waals surface area contributed by atoms with Crippen molar-refractivity contribution < 1.29 is 13.9 Å². The van der Waals surface area contributed by atoms with Crippen molar-refractivity contribution in [2.24, 2.45) is 0 Å². The van der Waals surface area contributed by atoms with Crippen molar-refractivity contribution in [3.05, 3.63) is 29.3 Å². The molecule has 18 heavy (non-hydrogen) atoms. The lowest BCUT2D eigenvalue weighted by Gasteiger charge is -2.26. The summed E-state index contributed by atoms with van der Waals surface area (Å²) in [5.41, 5.74) is 0.284. The highest BCUT2D eigenvalue weighted by molar-refractivity contribution is 5.92. The van der Waals surface area contributed by atoms with E-state index < -0.39 is 5.95 Å². The largest absolute Gasteiger partial charge is 0.377 e. The Labute approximate surface area is 106 Å². The van der Waals surface area contributed by atoms with Crippen LogP contribution in [0.4, 0.5) is 4.39 Å². The molecule has 0 unspecified atom stereocenters. The highest BCUT2D eigenvalue weighted by Crippen LogP contribution is 2.24. The number of aromatic nitrogens is 1. The third kappa shape index (κ3) is 2.67. The molecule has 1 amide bonds. The van der Waals surface area contributed by atoms with Gasteiger partial charge in [0.05, 0.1) is 19.3 Å². The van der Waals surface area contributed by atoms with Gasteiger partial charge in [0.1, 0.15) is 5.69 Å². The summed E-state index contributed by atoms with van der Waals surface area (Å²) < 4.78 is 18.8. The first-order chi connectivity index (χ1) is 8.38. The first kappa shape index (κ1) is 13.0. The fraction of sp³-hybridized carbons (Fsp3) is 0.538. The minimum atomic E-state index is -0.583. The molecule has 1 fully saturated rings. The van der Waals surface area contributed by atoms with Crippen LogP contribution < -0.4 is 5.32 Å². The summed E-state index contributed by atoms with van der Waals surface area (Å²) in [7, 11) is 0. The molecule has 0 aromatic carbocycles. The van der Waals surface area contributed by atoms with Gasteiger partial charge in [-0.2, -0.15) is 4.39 Å². The molecular formula is C13H17FN2O2. The van der Waals surface area contributed by atoms with Gasteiger partial charge in [0.15, 0.2) is 0 Å². The minimum absolute atomic E-state index is 0.0182. The highest BCUT2D eigenvalue weighted by atomic mass is 19.1. The van der Waals surface area contributed by atoms with Gasteiger partial charge in [-0.15, -0.1) is 0 Å². The smallest absolute Gasteiger partial charge is 0.270 e. The number of hydrogen-bond acceptors (Lipinski definition) is 3. The molecule has 0 spiro atoms. The molecule has 0 radical (unpaired) electrons. The maximum atomic E-state index is 13.8. The third-order valence-corrected chi connectivity index (χ3v) is 2.86. The molecule has 2 heterocycles. The maximum Gasteiger partial charge on any atom is 0.270 e. The van der Waals surface area contributed by atoms with Gasteiger partial charge in [-0.25, -0.2) is 4.98 Å². The first-order valence-corrected chi connectivity index (χ1v) is 5.93. The lowest BCUT2D eigenvalue weighted by Crippen LogP contribution is -2.48. The number of nitrogens with one attached hydrogen (secondary N) is 1. The second-order valence-electron chi connectivity index (χ2n) is 5.49. The second kappa shape index (κ2) is 4.65. The number of nitrogens with zero attached hydrogens (tertiary/aromatic N) is 1. The summed E-state index contributed by atoms with van der Waals surface area (Å²) in [5.74, 6) is -0.942. The quantitative estimate of drug-likeness (QED) is 0.814. The summed E-state index contributed by atoms with van der Waals surface area (Å²) in [6, 6.07) is 3.19. The predicted molar refractivity (Wildman–Crippen MR) is 65.0 cm³/mol. The molecule has 4 nitrogen and oxygen atoms in total. The lowest BCUT2D eigenvalue weighted by atomic mass is 9.88. The van der Waals surface area contributed by atoms with Gasteiger partial charge in [0.25, 0.3) is 5.91 Å². The monoisotopic (exact) mass is 252 g/mol. The molecule has 1 aliphatic heterocycles. The molecule has 0 atom stereocenters. The Kier molecular flexibility index (Phi) is 3.34. The standard InChI is InChI=1S/C13H17FN2O2/c1-13(2,3)9-4-5-10(16-11(9)14)12(17)15-8-6-18-7-8/h4-5,8H,6-7H2,1-3H3,(H,15,17). The normalized spacial score (nSPS) is 16.2. The Morgan fingerprint density at radius 2 is 2.11 bits per heavy atom. The number of amides is 1. The summed E-state index contributed by atoms with van der Waals surface area (Å²) >= 11 is 0. The van der Waals surface area contributed by atoms with Gasteiger partial charge in [0, 0.05) is 5.56 Å². The predicted octanol–water partition coefficient (Wildman–Crippen LogP) is 1.65. The number of pyridine rings is 1. The van der Waals surface area contributed by atoms with E-state index in [1.165, 1.54) is 0 Å². The Balaban J connectivity index is 2.15. The number of ether oxygens (including phenoxy) is 1. The van der Waals surface area contributed by atoms with E-state index in [0.29, 0.717) is 18.8 Å². The SMILES string of the molecule is CC(C)(C)c1ccc(C(=O)NC2COC2)nc1F. The van der Waals surface area contributed by atoms with Crippen LogP contribution in [0.1, 0.15) is 36.8 Å². The molecule has 1 aromatic rings. The van der Waals surface area contributed by atoms with Crippen LogP contribution in [-0.2, 0) is 10.2 Å². The molecule has 0 bridgehead atoms. The average Bonchev–Trinajstić information content (AvgIpc) is 2.21. The highest BCUT2D eigenvalue weighted by Gasteiger charge is 2.24. The van der Waals surface area contributed by atoms with E-state index in [2.05, 4.69) is 10.3 Å². The van der Waals surface area contributed by atoms with Crippen LogP contribution in [0.3, 0.4) is 0 Å². The Morgan fingerprint density at radius 1 is 1.44 bits per heavy atom. The zero-order chi connectivity index (χ0) is 13.3. The van der Waals surface area contributed by atoms with E-state index in [0.717, 1.165) is 0 Å². The van der Waals surface area contributed by atoms with Crippen LogP contribution in [0.15, 0.2) is 12.1 Å². The Morgan fingerprint density at radius 3 is 2.56 bits per heavy atom. The Bertz CT molecular complexity index is 465. The second-order valence-corrected chi connectivity index (χ2v) is 5.49. The Hall–Kier alpha value is -1.49.